The molecule has 1 amide bonds. The Balaban J connectivity index is 0.000000245. The molecule has 9 nitrogen and oxygen atoms in total. The zero-order chi connectivity index (χ0) is 24.1. The average molecular weight is 459 g/mol. The lowest BCUT2D eigenvalue weighted by Gasteiger charge is -2.01. The van der Waals surface area contributed by atoms with Crippen LogP contribution in [-0.4, -0.2) is 41.0 Å². The summed E-state index contributed by atoms with van der Waals surface area (Å²) < 4.78 is 29.2. The summed E-state index contributed by atoms with van der Waals surface area (Å²) in [7, 11) is -4.00. The molecule has 0 atom stereocenters. The third kappa shape index (κ3) is 10.1. The molecule has 0 saturated heterocycles. The van der Waals surface area contributed by atoms with Crippen LogP contribution in [0.15, 0.2) is 89.8 Å². The van der Waals surface area contributed by atoms with Crippen molar-refractivity contribution < 1.29 is 37.6 Å². The molecule has 3 aromatic carbocycles. The normalized spacial score (nSPS) is 9.81. The highest BCUT2D eigenvalue weighted by Crippen LogP contribution is 2.09. The lowest BCUT2D eigenvalue weighted by atomic mass is 10.2. The Hall–Kier alpha value is -4.02. The number of carboxylic acid groups (broad SMARTS) is 2. The lowest BCUT2D eigenvalue weighted by molar-refractivity contribution is -0.114. The van der Waals surface area contributed by atoms with E-state index in [9.17, 15) is 22.8 Å². The quantitative estimate of drug-likeness (QED) is 0.430. The largest absolute Gasteiger partial charge is 0.478 e. The molecule has 0 aromatic heterocycles. The number of carbonyl (C=O) groups excluding carboxylic acids is 1. The average Bonchev–Trinajstić information content (AvgIpc) is 2.75. The fraction of sp³-hybridized carbons (Fsp3) is 0.0455. The van der Waals surface area contributed by atoms with Crippen molar-refractivity contribution in [3.05, 3.63) is 96.1 Å². The minimum atomic E-state index is -4.00. The first-order valence-corrected chi connectivity index (χ1v) is 10.4. The van der Waals surface area contributed by atoms with Crippen molar-refractivity contribution in [1.82, 2.24) is 0 Å². The molecule has 0 radical (unpaired) electrons. The van der Waals surface area contributed by atoms with Gasteiger partial charge in [0.25, 0.3) is 10.1 Å². The van der Waals surface area contributed by atoms with Crippen LogP contribution in [0.25, 0.3) is 0 Å². The van der Waals surface area contributed by atoms with Gasteiger partial charge in [0.2, 0.25) is 5.91 Å². The van der Waals surface area contributed by atoms with Crippen LogP contribution < -0.4 is 5.32 Å². The molecule has 0 saturated carbocycles. The van der Waals surface area contributed by atoms with E-state index < -0.39 is 22.1 Å². The Kier molecular flexibility index (Phi) is 10.3. The standard InChI is InChI=1S/C9H9NO3.C7H6O2.C6H6O3S/c1-6(11)10-8-4-2-7(3-5-8)9(12)13;8-7(9)6-4-2-1-3-5-6;7-10(8,9)6-4-2-1-3-5-6/h2-5H,1H3,(H,10,11)(H,12,13);1-5H,(H,8,9);1-5H,(H,7,8,9). The van der Waals surface area contributed by atoms with E-state index in [4.69, 9.17) is 14.8 Å². The van der Waals surface area contributed by atoms with E-state index >= 15 is 0 Å². The first kappa shape index (κ1) is 26.0. The van der Waals surface area contributed by atoms with Crippen molar-refractivity contribution in [1.29, 1.82) is 0 Å². The van der Waals surface area contributed by atoms with Crippen LogP contribution in [0.2, 0.25) is 0 Å². The van der Waals surface area contributed by atoms with Gasteiger partial charge in [-0.15, -0.1) is 0 Å². The van der Waals surface area contributed by atoms with E-state index in [0.29, 0.717) is 11.3 Å². The number of carboxylic acids is 2. The van der Waals surface area contributed by atoms with Crippen molar-refractivity contribution in [3.8, 4) is 0 Å². The van der Waals surface area contributed by atoms with Crippen LogP contribution >= 0.6 is 0 Å². The number of amides is 1. The van der Waals surface area contributed by atoms with Crippen molar-refractivity contribution >= 4 is 33.7 Å². The van der Waals surface area contributed by atoms with Crippen molar-refractivity contribution in [3.63, 3.8) is 0 Å². The van der Waals surface area contributed by atoms with Crippen molar-refractivity contribution in [2.45, 2.75) is 11.8 Å². The molecular formula is C22H21NO8S. The van der Waals surface area contributed by atoms with Crippen LogP contribution in [0.5, 0.6) is 0 Å². The van der Waals surface area contributed by atoms with E-state index in [0.717, 1.165) is 0 Å². The minimum Gasteiger partial charge on any atom is -0.478 e. The first-order valence-electron chi connectivity index (χ1n) is 8.92. The van der Waals surface area contributed by atoms with Crippen molar-refractivity contribution in [2.75, 3.05) is 5.32 Å². The highest BCUT2D eigenvalue weighted by molar-refractivity contribution is 7.85. The van der Waals surface area contributed by atoms with Gasteiger partial charge in [-0.05, 0) is 48.5 Å². The number of anilines is 1. The molecule has 3 rings (SSSR count). The van der Waals surface area contributed by atoms with E-state index in [1.807, 2.05) is 0 Å². The summed E-state index contributed by atoms with van der Waals surface area (Å²) in [6.45, 7) is 1.39. The number of carbonyl (C=O) groups is 3. The molecule has 4 N–H and O–H groups in total. The topological polar surface area (TPSA) is 158 Å². The summed E-state index contributed by atoms with van der Waals surface area (Å²) in [5, 5.41) is 19.5. The molecule has 10 heteroatoms. The fourth-order valence-electron chi connectivity index (χ4n) is 2.07. The predicted octanol–water partition coefficient (Wildman–Crippen LogP) is 3.66. The van der Waals surface area contributed by atoms with Gasteiger partial charge in [0.15, 0.2) is 0 Å². The summed E-state index contributed by atoms with van der Waals surface area (Å²) in [4.78, 5) is 31.2. The summed E-state index contributed by atoms with van der Waals surface area (Å²) in [6.07, 6.45) is 0. The third-order valence-electron chi connectivity index (χ3n) is 3.51. The van der Waals surface area contributed by atoms with Crippen LogP contribution in [0.4, 0.5) is 5.69 Å². The SMILES string of the molecule is CC(=O)Nc1ccc(C(=O)O)cc1.O=C(O)c1ccccc1.O=S(=O)(O)c1ccccc1. The van der Waals surface area contributed by atoms with Crippen LogP contribution in [0, 0.1) is 0 Å². The Morgan fingerprint density at radius 2 is 1.09 bits per heavy atom. The van der Waals surface area contributed by atoms with Crippen LogP contribution in [-0.2, 0) is 14.9 Å². The molecule has 0 aliphatic heterocycles. The smallest absolute Gasteiger partial charge is 0.335 e. The second kappa shape index (κ2) is 12.6. The van der Waals surface area contributed by atoms with Crippen LogP contribution in [0.3, 0.4) is 0 Å². The molecule has 0 spiro atoms. The molecule has 0 heterocycles. The van der Waals surface area contributed by atoms with Crippen LogP contribution in [0.1, 0.15) is 27.6 Å². The predicted molar refractivity (Wildman–Crippen MR) is 117 cm³/mol. The number of rotatable bonds is 4. The highest BCUT2D eigenvalue weighted by atomic mass is 32.2. The van der Waals surface area contributed by atoms with Gasteiger partial charge in [-0.3, -0.25) is 9.35 Å². The number of hydrogen-bond donors (Lipinski definition) is 4. The molecule has 168 valence electrons. The summed E-state index contributed by atoms with van der Waals surface area (Å²) >= 11 is 0. The van der Waals surface area contributed by atoms with Gasteiger partial charge in [0.05, 0.1) is 16.0 Å². The summed E-state index contributed by atoms with van der Waals surface area (Å²) in [5.74, 6) is -2.03. The van der Waals surface area contributed by atoms with Gasteiger partial charge in [0.1, 0.15) is 0 Å². The zero-order valence-corrected chi connectivity index (χ0v) is 17.7. The maximum atomic E-state index is 10.6. The second-order valence-corrected chi connectivity index (χ2v) is 7.44. The maximum Gasteiger partial charge on any atom is 0.335 e. The Labute approximate surface area is 184 Å². The lowest BCUT2D eigenvalue weighted by Crippen LogP contribution is -2.05. The number of hydrogen-bond acceptors (Lipinski definition) is 5. The highest BCUT2D eigenvalue weighted by Gasteiger charge is 2.05. The monoisotopic (exact) mass is 459 g/mol. The van der Waals surface area contributed by atoms with Crippen molar-refractivity contribution in [2.24, 2.45) is 0 Å². The minimum absolute atomic E-state index is 0.0741. The first-order chi connectivity index (χ1) is 15.0. The molecule has 0 bridgehead atoms. The Morgan fingerprint density at radius 3 is 1.41 bits per heavy atom. The molecule has 0 fully saturated rings. The summed E-state index contributed by atoms with van der Waals surface area (Å²) in [6, 6.07) is 21.7. The number of aromatic carboxylic acids is 2. The molecule has 0 unspecified atom stereocenters. The third-order valence-corrected chi connectivity index (χ3v) is 4.38. The molecular weight excluding hydrogens is 438 g/mol. The molecule has 0 aliphatic carbocycles. The van der Waals surface area contributed by atoms with Gasteiger partial charge in [-0.25, -0.2) is 9.59 Å². The van der Waals surface area contributed by atoms with Gasteiger partial charge < -0.3 is 15.5 Å². The second-order valence-electron chi connectivity index (χ2n) is 6.02. The number of benzene rings is 3. The fourth-order valence-corrected chi connectivity index (χ4v) is 2.57. The molecule has 3 aromatic rings. The zero-order valence-electron chi connectivity index (χ0n) is 16.9. The number of nitrogens with one attached hydrogen (secondary N) is 1. The van der Waals surface area contributed by atoms with E-state index in [1.54, 1.807) is 60.7 Å². The summed E-state index contributed by atoms with van der Waals surface area (Å²) in [5.41, 5.74) is 1.13. The maximum absolute atomic E-state index is 10.6. The van der Waals surface area contributed by atoms with E-state index in [-0.39, 0.29) is 16.4 Å². The van der Waals surface area contributed by atoms with E-state index in [2.05, 4.69) is 5.32 Å². The van der Waals surface area contributed by atoms with Gasteiger partial charge in [-0.2, -0.15) is 8.42 Å². The molecule has 32 heavy (non-hydrogen) atoms. The Bertz CT molecular complexity index is 1130. The van der Waals surface area contributed by atoms with Gasteiger partial charge in [-0.1, -0.05) is 36.4 Å². The Morgan fingerprint density at radius 1 is 0.688 bits per heavy atom. The van der Waals surface area contributed by atoms with Gasteiger partial charge >= 0.3 is 11.9 Å². The van der Waals surface area contributed by atoms with E-state index in [1.165, 1.54) is 31.2 Å². The molecule has 0 aliphatic rings. The van der Waals surface area contributed by atoms with Gasteiger partial charge in [0, 0.05) is 12.6 Å².